The van der Waals surface area contributed by atoms with Crippen LogP contribution in [-0.2, 0) is 6.54 Å². The Labute approximate surface area is 175 Å². The Kier molecular flexibility index (Phi) is 6.73. The second-order valence-electron chi connectivity index (χ2n) is 8.44. The predicted molar refractivity (Wildman–Crippen MR) is 117 cm³/mol. The Morgan fingerprint density at radius 2 is 1.79 bits per heavy atom. The van der Waals surface area contributed by atoms with Crippen molar-refractivity contribution in [2.75, 3.05) is 20.8 Å². The summed E-state index contributed by atoms with van der Waals surface area (Å²) < 4.78 is 11.1. The quantitative estimate of drug-likeness (QED) is 0.745. The highest BCUT2D eigenvalue weighted by molar-refractivity contribution is 5.40. The summed E-state index contributed by atoms with van der Waals surface area (Å²) in [5, 5.41) is 7.82. The van der Waals surface area contributed by atoms with Gasteiger partial charge in [0.2, 0.25) is 0 Å². The van der Waals surface area contributed by atoms with E-state index < -0.39 is 0 Å². The molecule has 4 rings (SSSR count). The highest BCUT2D eigenvalue weighted by Gasteiger charge is 2.39. The van der Waals surface area contributed by atoms with Crippen molar-refractivity contribution in [1.82, 2.24) is 10.6 Å². The maximum atomic E-state index is 5.61. The summed E-state index contributed by atoms with van der Waals surface area (Å²) in [6, 6.07) is 17.7. The van der Waals surface area contributed by atoms with Gasteiger partial charge in [-0.15, -0.1) is 0 Å². The van der Waals surface area contributed by atoms with Gasteiger partial charge in [-0.25, -0.2) is 0 Å². The van der Waals surface area contributed by atoms with Gasteiger partial charge in [-0.3, -0.25) is 0 Å². The summed E-state index contributed by atoms with van der Waals surface area (Å²) in [5.74, 6) is 3.26. The van der Waals surface area contributed by atoms with Crippen molar-refractivity contribution in [2.45, 2.75) is 50.7 Å². The maximum Gasteiger partial charge on any atom is 0.123 e. The first-order valence-corrected chi connectivity index (χ1v) is 11.0. The molecule has 29 heavy (non-hydrogen) atoms. The Hall–Kier alpha value is -2.04. The van der Waals surface area contributed by atoms with E-state index in [0.717, 1.165) is 36.1 Å². The van der Waals surface area contributed by atoms with Gasteiger partial charge in [0.25, 0.3) is 0 Å². The molecular formula is C25H34N2O2. The number of benzene rings is 2. The number of fused-ring (bicyclic) bond motifs is 1. The number of methoxy groups -OCH3 is 2. The van der Waals surface area contributed by atoms with Gasteiger partial charge in [0, 0.05) is 24.2 Å². The van der Waals surface area contributed by atoms with Crippen LogP contribution in [0.5, 0.6) is 11.5 Å². The van der Waals surface area contributed by atoms with Gasteiger partial charge in [-0.2, -0.15) is 0 Å². The van der Waals surface area contributed by atoms with Gasteiger partial charge in [-0.05, 0) is 55.0 Å². The Balaban J connectivity index is 1.59. The molecule has 4 atom stereocenters. The molecule has 2 fully saturated rings. The van der Waals surface area contributed by atoms with Gasteiger partial charge in [0.1, 0.15) is 11.5 Å². The van der Waals surface area contributed by atoms with E-state index in [4.69, 9.17) is 9.47 Å². The molecule has 0 aromatic heterocycles. The summed E-state index contributed by atoms with van der Waals surface area (Å²) in [6.07, 6.45) is 6.76. The van der Waals surface area contributed by atoms with Crippen LogP contribution in [0.2, 0.25) is 0 Å². The summed E-state index contributed by atoms with van der Waals surface area (Å²) in [5.41, 5.74) is 2.53. The van der Waals surface area contributed by atoms with Crippen LogP contribution < -0.4 is 20.1 Å². The van der Waals surface area contributed by atoms with Crippen LogP contribution in [0.4, 0.5) is 0 Å². The minimum Gasteiger partial charge on any atom is -0.497 e. The van der Waals surface area contributed by atoms with Crippen molar-refractivity contribution >= 4 is 0 Å². The molecule has 4 heteroatoms. The molecule has 0 radical (unpaired) electrons. The number of piperidine rings is 1. The first-order valence-electron chi connectivity index (χ1n) is 11.0. The average Bonchev–Trinajstić information content (AvgIpc) is 3.03. The normalized spacial score (nSPS) is 27.0. The van der Waals surface area contributed by atoms with Gasteiger partial charge >= 0.3 is 0 Å². The average molecular weight is 395 g/mol. The Morgan fingerprint density at radius 1 is 0.966 bits per heavy atom. The third kappa shape index (κ3) is 4.59. The lowest BCUT2D eigenvalue weighted by atomic mass is 9.74. The predicted octanol–water partition coefficient (Wildman–Crippen LogP) is 4.70. The van der Waals surface area contributed by atoms with E-state index in [2.05, 4.69) is 47.0 Å². The van der Waals surface area contributed by atoms with Crippen molar-refractivity contribution in [3.05, 3.63) is 59.7 Å². The summed E-state index contributed by atoms with van der Waals surface area (Å²) >= 11 is 0. The van der Waals surface area contributed by atoms with Crippen molar-refractivity contribution in [2.24, 2.45) is 11.8 Å². The Morgan fingerprint density at radius 3 is 2.59 bits per heavy atom. The zero-order valence-corrected chi connectivity index (χ0v) is 17.7. The molecule has 1 saturated carbocycles. The highest BCUT2D eigenvalue weighted by atomic mass is 16.5. The SMILES string of the molecule is COc1ccc(OC)c(CNC2C(c3ccccc3)NCC3CCCCCC32)c1. The van der Waals surface area contributed by atoms with Gasteiger partial charge < -0.3 is 20.1 Å². The molecule has 1 heterocycles. The standard InChI is InChI=1S/C25H34N2O2/c1-28-21-13-14-23(29-2)20(15-21)17-27-25-22-12-8-4-7-11-19(22)16-26-24(25)18-9-5-3-6-10-18/h3,5-6,9-10,13-15,19,22,24-27H,4,7-8,11-12,16-17H2,1-2H3. The van der Waals surface area contributed by atoms with Crippen molar-refractivity contribution < 1.29 is 9.47 Å². The molecule has 1 aliphatic carbocycles. The van der Waals surface area contributed by atoms with Gasteiger partial charge in [-0.1, -0.05) is 49.6 Å². The fraction of sp³-hybridized carbons (Fsp3) is 0.520. The molecule has 0 bridgehead atoms. The molecule has 0 amide bonds. The smallest absolute Gasteiger partial charge is 0.123 e. The summed E-state index contributed by atoms with van der Waals surface area (Å²) in [6.45, 7) is 1.91. The third-order valence-electron chi connectivity index (χ3n) is 6.81. The second-order valence-corrected chi connectivity index (χ2v) is 8.44. The lowest BCUT2D eigenvalue weighted by molar-refractivity contribution is 0.138. The van der Waals surface area contributed by atoms with E-state index in [1.807, 2.05) is 12.1 Å². The molecule has 4 nitrogen and oxygen atoms in total. The molecule has 0 spiro atoms. The van der Waals surface area contributed by atoms with Crippen molar-refractivity contribution in [3.63, 3.8) is 0 Å². The molecule has 2 aliphatic rings. The molecule has 2 aromatic rings. The zero-order chi connectivity index (χ0) is 20.1. The molecule has 156 valence electrons. The largest absolute Gasteiger partial charge is 0.497 e. The fourth-order valence-corrected chi connectivity index (χ4v) is 5.29. The monoisotopic (exact) mass is 394 g/mol. The molecular weight excluding hydrogens is 360 g/mol. The number of hydrogen-bond acceptors (Lipinski definition) is 4. The molecule has 2 N–H and O–H groups in total. The Bertz CT molecular complexity index is 780. The first-order chi connectivity index (χ1) is 14.3. The van der Waals surface area contributed by atoms with E-state index in [1.54, 1.807) is 14.2 Å². The van der Waals surface area contributed by atoms with Crippen LogP contribution in [0.15, 0.2) is 48.5 Å². The topological polar surface area (TPSA) is 42.5 Å². The zero-order valence-electron chi connectivity index (χ0n) is 17.7. The van der Waals surface area contributed by atoms with Crippen molar-refractivity contribution in [3.8, 4) is 11.5 Å². The second kappa shape index (κ2) is 9.64. The number of hydrogen-bond donors (Lipinski definition) is 2. The molecule has 4 unspecified atom stereocenters. The lowest BCUT2D eigenvalue weighted by Crippen LogP contribution is -2.54. The van der Waals surface area contributed by atoms with E-state index in [-0.39, 0.29) is 0 Å². The van der Waals surface area contributed by atoms with E-state index >= 15 is 0 Å². The van der Waals surface area contributed by atoms with E-state index in [9.17, 15) is 0 Å². The number of ether oxygens (including phenoxy) is 2. The van der Waals surface area contributed by atoms with Crippen LogP contribution >= 0.6 is 0 Å². The third-order valence-corrected chi connectivity index (χ3v) is 6.81. The maximum absolute atomic E-state index is 5.61. The van der Waals surface area contributed by atoms with Crippen LogP contribution in [0.25, 0.3) is 0 Å². The van der Waals surface area contributed by atoms with E-state index in [0.29, 0.717) is 18.0 Å². The minimum atomic E-state index is 0.340. The molecule has 2 aromatic carbocycles. The van der Waals surface area contributed by atoms with Crippen LogP contribution in [0.1, 0.15) is 49.3 Å². The van der Waals surface area contributed by atoms with Gasteiger partial charge in [0.15, 0.2) is 0 Å². The molecule has 1 aliphatic heterocycles. The fourth-order valence-electron chi connectivity index (χ4n) is 5.29. The first kappa shape index (κ1) is 20.2. The van der Waals surface area contributed by atoms with Crippen molar-refractivity contribution in [1.29, 1.82) is 0 Å². The van der Waals surface area contributed by atoms with E-state index in [1.165, 1.54) is 37.7 Å². The van der Waals surface area contributed by atoms with Crippen LogP contribution in [-0.4, -0.2) is 26.8 Å². The van der Waals surface area contributed by atoms with Crippen LogP contribution in [0, 0.1) is 11.8 Å². The lowest BCUT2D eigenvalue weighted by Gasteiger charge is -2.44. The molecule has 1 saturated heterocycles. The summed E-state index contributed by atoms with van der Waals surface area (Å²) in [4.78, 5) is 0. The number of nitrogens with one attached hydrogen (secondary N) is 2. The summed E-state index contributed by atoms with van der Waals surface area (Å²) in [7, 11) is 3.45. The van der Waals surface area contributed by atoms with Gasteiger partial charge in [0.05, 0.1) is 14.2 Å². The minimum absolute atomic E-state index is 0.340. The van der Waals surface area contributed by atoms with Crippen LogP contribution in [0.3, 0.4) is 0 Å². The number of rotatable bonds is 6. The highest BCUT2D eigenvalue weighted by Crippen LogP contribution is 2.39.